The van der Waals surface area contributed by atoms with Gasteiger partial charge in [0.15, 0.2) is 0 Å². The zero-order valence-electron chi connectivity index (χ0n) is 16.3. The summed E-state index contributed by atoms with van der Waals surface area (Å²) in [5, 5.41) is 9.98. The molecule has 2 aromatic carbocycles. The lowest BCUT2D eigenvalue weighted by Gasteiger charge is -2.25. The van der Waals surface area contributed by atoms with Crippen molar-refractivity contribution in [2.75, 3.05) is 11.4 Å². The monoisotopic (exact) mass is 463 g/mol. The average molecular weight is 464 g/mol. The van der Waals surface area contributed by atoms with E-state index in [1.807, 2.05) is 44.2 Å². The van der Waals surface area contributed by atoms with E-state index in [-0.39, 0.29) is 27.5 Å². The van der Waals surface area contributed by atoms with Crippen molar-refractivity contribution in [2.24, 2.45) is 5.92 Å². The Morgan fingerprint density at radius 3 is 2.40 bits per heavy atom. The highest BCUT2D eigenvalue weighted by Crippen LogP contribution is 2.44. The number of hydrogen-bond acceptors (Lipinski definition) is 4. The van der Waals surface area contributed by atoms with E-state index in [4.69, 9.17) is 27.9 Å². The largest absolute Gasteiger partial charge is 0.512 e. The van der Waals surface area contributed by atoms with Gasteiger partial charge >= 0.3 is 6.16 Å². The molecule has 1 amide bonds. The molecular formula is C22H19Cl2NO4S. The summed E-state index contributed by atoms with van der Waals surface area (Å²) in [4.78, 5) is 27.0. The third-order valence-corrected chi connectivity index (χ3v) is 5.76. The first-order valence-electron chi connectivity index (χ1n) is 9.13. The van der Waals surface area contributed by atoms with E-state index in [2.05, 4.69) is 0 Å². The van der Waals surface area contributed by atoms with Gasteiger partial charge in [0.1, 0.15) is 0 Å². The molecule has 8 heteroatoms. The number of hydrogen-bond donors (Lipinski definition) is 1. The van der Waals surface area contributed by atoms with E-state index >= 15 is 0 Å². The molecule has 0 aliphatic heterocycles. The van der Waals surface area contributed by atoms with Crippen LogP contribution in [0.5, 0.6) is 5.06 Å². The number of carboxylic acid groups (broad SMARTS) is 1. The second-order valence-corrected chi connectivity index (χ2v) is 8.81. The number of anilines is 1. The Bertz CT molecular complexity index is 1070. The molecule has 0 saturated heterocycles. The van der Waals surface area contributed by atoms with Crippen LogP contribution in [0.25, 0.3) is 10.4 Å². The maximum atomic E-state index is 13.4. The van der Waals surface area contributed by atoms with Crippen LogP contribution in [0.3, 0.4) is 0 Å². The highest BCUT2D eigenvalue weighted by molar-refractivity contribution is 7.18. The highest BCUT2D eigenvalue weighted by atomic mass is 35.5. The average Bonchev–Trinajstić information content (AvgIpc) is 3.09. The summed E-state index contributed by atoms with van der Waals surface area (Å²) in [6, 6.07) is 15.9. The summed E-state index contributed by atoms with van der Waals surface area (Å²) in [5.41, 5.74) is 1.55. The van der Waals surface area contributed by atoms with Gasteiger partial charge in [-0.05, 0) is 35.7 Å². The van der Waals surface area contributed by atoms with E-state index < -0.39 is 6.16 Å². The second-order valence-electron chi connectivity index (χ2n) is 6.95. The van der Waals surface area contributed by atoms with Crippen LogP contribution < -0.4 is 9.64 Å². The van der Waals surface area contributed by atoms with Crippen LogP contribution in [0.4, 0.5) is 10.5 Å². The Kier molecular flexibility index (Phi) is 7.02. The summed E-state index contributed by atoms with van der Waals surface area (Å²) in [7, 11) is 0. The van der Waals surface area contributed by atoms with Crippen molar-refractivity contribution in [3.05, 3.63) is 70.2 Å². The van der Waals surface area contributed by atoms with Gasteiger partial charge in [0, 0.05) is 16.4 Å². The lowest BCUT2D eigenvalue weighted by atomic mass is 10.1. The van der Waals surface area contributed by atoms with Gasteiger partial charge in [-0.15, -0.1) is 0 Å². The molecule has 0 saturated carbocycles. The minimum atomic E-state index is -1.45. The normalized spacial score (nSPS) is 10.8. The molecule has 3 aromatic rings. The van der Waals surface area contributed by atoms with Crippen LogP contribution in [0, 0.1) is 5.92 Å². The number of rotatable bonds is 6. The molecule has 5 nitrogen and oxygen atoms in total. The van der Waals surface area contributed by atoms with Crippen molar-refractivity contribution in [3.8, 4) is 15.5 Å². The van der Waals surface area contributed by atoms with Gasteiger partial charge in [-0.25, -0.2) is 4.79 Å². The summed E-state index contributed by atoms with van der Waals surface area (Å²) in [6.45, 7) is 4.27. The fourth-order valence-electron chi connectivity index (χ4n) is 2.91. The van der Waals surface area contributed by atoms with E-state index in [9.17, 15) is 14.7 Å². The third-order valence-electron chi connectivity index (χ3n) is 4.16. The maximum absolute atomic E-state index is 13.4. The van der Waals surface area contributed by atoms with Crippen LogP contribution >= 0.6 is 34.5 Å². The zero-order chi connectivity index (χ0) is 21.8. The Morgan fingerprint density at radius 2 is 1.80 bits per heavy atom. The van der Waals surface area contributed by atoms with Gasteiger partial charge in [0.05, 0.1) is 16.3 Å². The molecule has 30 heavy (non-hydrogen) atoms. The van der Waals surface area contributed by atoms with E-state index in [1.54, 1.807) is 18.2 Å². The minimum absolute atomic E-state index is 0.109. The molecule has 0 aliphatic carbocycles. The summed E-state index contributed by atoms with van der Waals surface area (Å²) < 4.78 is 5.03. The standard InChI is InChI=1S/C22H19Cl2NO4S/c1-13(2)12-25(20(26)16-9-8-15(23)10-17(16)24)18-11-19(14-6-4-3-5-7-14)30-21(18)29-22(27)28/h3-11,13H,12H2,1-2H3,(H,27,28). The van der Waals surface area contributed by atoms with Crippen molar-refractivity contribution in [2.45, 2.75) is 13.8 Å². The Morgan fingerprint density at radius 1 is 1.10 bits per heavy atom. The minimum Gasteiger partial charge on any atom is -0.449 e. The number of carbonyl (C=O) groups is 2. The predicted molar refractivity (Wildman–Crippen MR) is 121 cm³/mol. The molecule has 1 heterocycles. The van der Waals surface area contributed by atoms with Gasteiger partial charge in [-0.1, -0.05) is 78.7 Å². The topological polar surface area (TPSA) is 66.8 Å². The first-order valence-corrected chi connectivity index (χ1v) is 10.7. The van der Waals surface area contributed by atoms with Crippen molar-refractivity contribution in [1.82, 2.24) is 0 Å². The molecule has 0 radical (unpaired) electrons. The number of halogens is 2. The molecule has 156 valence electrons. The van der Waals surface area contributed by atoms with Gasteiger partial charge in [0.2, 0.25) is 5.06 Å². The van der Waals surface area contributed by atoms with Crippen LogP contribution in [-0.4, -0.2) is 23.7 Å². The van der Waals surface area contributed by atoms with Gasteiger partial charge in [-0.3, -0.25) is 4.79 Å². The van der Waals surface area contributed by atoms with E-state index in [1.165, 1.54) is 11.0 Å². The lowest BCUT2D eigenvalue weighted by Crippen LogP contribution is -2.34. The molecule has 1 aromatic heterocycles. The number of benzene rings is 2. The lowest BCUT2D eigenvalue weighted by molar-refractivity contribution is 0.0982. The van der Waals surface area contributed by atoms with Crippen LogP contribution in [0.1, 0.15) is 24.2 Å². The summed E-state index contributed by atoms with van der Waals surface area (Å²) in [5.74, 6) is -0.254. The molecule has 0 spiro atoms. The first-order chi connectivity index (χ1) is 14.3. The van der Waals surface area contributed by atoms with Crippen molar-refractivity contribution in [3.63, 3.8) is 0 Å². The van der Waals surface area contributed by atoms with Crippen LogP contribution in [0.15, 0.2) is 54.6 Å². The zero-order valence-corrected chi connectivity index (χ0v) is 18.6. The van der Waals surface area contributed by atoms with Gasteiger partial charge < -0.3 is 14.7 Å². The Labute approximate surface area is 188 Å². The molecule has 0 aliphatic rings. The van der Waals surface area contributed by atoms with Crippen molar-refractivity contribution < 1.29 is 19.4 Å². The smallest absolute Gasteiger partial charge is 0.449 e. The van der Waals surface area contributed by atoms with Gasteiger partial charge in [0.25, 0.3) is 5.91 Å². The molecule has 0 unspecified atom stereocenters. The SMILES string of the molecule is CC(C)CN(C(=O)c1ccc(Cl)cc1Cl)c1cc(-c2ccccc2)sc1OC(=O)O. The number of ether oxygens (including phenoxy) is 1. The third kappa shape index (κ3) is 5.14. The number of nitrogens with zero attached hydrogens (tertiary/aromatic N) is 1. The first kappa shape index (κ1) is 22.2. The van der Waals surface area contributed by atoms with Gasteiger partial charge in [-0.2, -0.15) is 0 Å². The molecule has 0 atom stereocenters. The number of carbonyl (C=O) groups excluding carboxylic acids is 1. The molecule has 1 N–H and O–H groups in total. The van der Waals surface area contributed by atoms with Crippen molar-refractivity contribution in [1.29, 1.82) is 0 Å². The van der Waals surface area contributed by atoms with E-state index in [0.29, 0.717) is 17.3 Å². The summed E-state index contributed by atoms with van der Waals surface area (Å²) in [6.07, 6.45) is -1.45. The number of amides is 1. The molecule has 3 rings (SSSR count). The Balaban J connectivity index is 2.11. The van der Waals surface area contributed by atoms with E-state index in [0.717, 1.165) is 21.8 Å². The predicted octanol–water partition coefficient (Wildman–Crippen LogP) is 7.08. The molecule has 0 bridgehead atoms. The fraction of sp³-hybridized carbons (Fsp3) is 0.182. The van der Waals surface area contributed by atoms with Crippen LogP contribution in [-0.2, 0) is 0 Å². The number of thiophene rings is 1. The Hall–Kier alpha value is -2.54. The van der Waals surface area contributed by atoms with Crippen LogP contribution in [0.2, 0.25) is 10.0 Å². The maximum Gasteiger partial charge on any atom is 0.512 e. The molecular weight excluding hydrogens is 445 g/mol. The van der Waals surface area contributed by atoms with Crippen molar-refractivity contribution >= 4 is 52.3 Å². The molecule has 0 fully saturated rings. The quantitative estimate of drug-likeness (QED) is 0.396. The second kappa shape index (κ2) is 9.51. The fourth-order valence-corrected chi connectivity index (χ4v) is 4.41. The highest BCUT2D eigenvalue weighted by Gasteiger charge is 2.27. The summed E-state index contributed by atoms with van der Waals surface area (Å²) >= 11 is 13.4.